The summed E-state index contributed by atoms with van der Waals surface area (Å²) in [6.45, 7) is 0. The summed E-state index contributed by atoms with van der Waals surface area (Å²) in [4.78, 5) is 24.2. The second kappa shape index (κ2) is 6.66. The van der Waals surface area contributed by atoms with Crippen LogP contribution in [0.4, 0.5) is 0 Å². The molecule has 0 radical (unpaired) electrons. The first kappa shape index (κ1) is 15.9. The molecule has 0 aliphatic carbocycles. The lowest BCUT2D eigenvalue weighted by molar-refractivity contribution is 0.104. The lowest BCUT2D eigenvalue weighted by atomic mass is 9.80. The second-order valence-corrected chi connectivity index (χ2v) is 5.22. The minimum absolute atomic E-state index is 0.0349. The Labute approximate surface area is 137 Å². The maximum absolute atomic E-state index is 12.2. The summed E-state index contributed by atoms with van der Waals surface area (Å²) in [5.41, 5.74) is 0.766. The Morgan fingerprint density at radius 2 is 1.75 bits per heavy atom. The van der Waals surface area contributed by atoms with E-state index in [-0.39, 0.29) is 5.56 Å². The smallest absolute Gasteiger partial charge is 0.423 e. The van der Waals surface area contributed by atoms with Gasteiger partial charge >= 0.3 is 12.7 Å². The molecule has 1 heterocycles. The molecule has 0 atom stereocenters. The van der Waals surface area contributed by atoms with Crippen molar-refractivity contribution in [1.29, 1.82) is 0 Å². The fraction of sp³-hybridized carbons (Fsp3) is 0. The zero-order chi connectivity index (χ0) is 17.1. The summed E-state index contributed by atoms with van der Waals surface area (Å²) in [5, 5.41) is 18.7. The van der Waals surface area contributed by atoms with Gasteiger partial charge in [0.25, 0.3) is 0 Å². The molecule has 24 heavy (non-hydrogen) atoms. The topological polar surface area (TPSA) is 87.7 Å². The van der Waals surface area contributed by atoms with Gasteiger partial charge in [-0.15, -0.1) is 0 Å². The van der Waals surface area contributed by atoms with Gasteiger partial charge in [0, 0.05) is 5.39 Å². The number of ketones is 1. The first-order chi connectivity index (χ1) is 11.5. The van der Waals surface area contributed by atoms with Crippen molar-refractivity contribution in [3.05, 3.63) is 82.2 Å². The zero-order valence-corrected chi connectivity index (χ0v) is 12.5. The molecule has 0 saturated heterocycles. The van der Waals surface area contributed by atoms with Crippen molar-refractivity contribution in [3.8, 4) is 0 Å². The molecule has 0 saturated carbocycles. The van der Waals surface area contributed by atoms with E-state index in [2.05, 4.69) is 0 Å². The number of carbonyl (C=O) groups is 1. The summed E-state index contributed by atoms with van der Waals surface area (Å²) < 4.78 is 5.14. The van der Waals surface area contributed by atoms with Crippen LogP contribution in [0.15, 0.2) is 69.9 Å². The molecule has 0 aliphatic rings. The molecular weight excluding hydrogens is 307 g/mol. The molecule has 5 nitrogen and oxygen atoms in total. The summed E-state index contributed by atoms with van der Waals surface area (Å²) >= 11 is 0. The summed E-state index contributed by atoms with van der Waals surface area (Å²) in [6.07, 6.45) is 2.83. The van der Waals surface area contributed by atoms with Crippen LogP contribution in [0.5, 0.6) is 0 Å². The normalized spacial score (nSPS) is 11.1. The molecule has 0 unspecified atom stereocenters. The first-order valence-corrected chi connectivity index (χ1v) is 7.26. The maximum Gasteiger partial charge on any atom is 0.488 e. The molecule has 0 bridgehead atoms. The number of benzene rings is 2. The average molecular weight is 320 g/mol. The van der Waals surface area contributed by atoms with Crippen LogP contribution < -0.4 is 11.1 Å². The van der Waals surface area contributed by atoms with Gasteiger partial charge in [-0.05, 0) is 29.2 Å². The van der Waals surface area contributed by atoms with Crippen LogP contribution in [0.25, 0.3) is 17.0 Å². The van der Waals surface area contributed by atoms with E-state index in [0.717, 1.165) is 0 Å². The van der Waals surface area contributed by atoms with E-state index < -0.39 is 18.5 Å². The van der Waals surface area contributed by atoms with Gasteiger partial charge in [0.2, 0.25) is 0 Å². The molecule has 3 aromatic rings. The summed E-state index contributed by atoms with van der Waals surface area (Å²) in [5.74, 6) is -0.458. The zero-order valence-electron chi connectivity index (χ0n) is 12.5. The maximum atomic E-state index is 12.2. The molecule has 0 aliphatic heterocycles. The molecule has 6 heteroatoms. The number of allylic oxidation sites excluding steroid dienone is 1. The Kier molecular flexibility index (Phi) is 4.42. The van der Waals surface area contributed by atoms with E-state index in [9.17, 15) is 9.59 Å². The van der Waals surface area contributed by atoms with E-state index in [1.54, 1.807) is 54.6 Å². The third-order valence-electron chi connectivity index (χ3n) is 3.57. The fourth-order valence-electron chi connectivity index (χ4n) is 2.27. The summed E-state index contributed by atoms with van der Waals surface area (Å²) in [6, 6.07) is 14.8. The van der Waals surface area contributed by atoms with Crippen LogP contribution in [-0.4, -0.2) is 22.9 Å². The molecule has 0 fully saturated rings. The van der Waals surface area contributed by atoms with Crippen molar-refractivity contribution < 1.29 is 19.3 Å². The Morgan fingerprint density at radius 3 is 2.46 bits per heavy atom. The first-order valence-electron chi connectivity index (χ1n) is 7.26. The molecule has 1 aromatic heterocycles. The minimum Gasteiger partial charge on any atom is -0.423 e. The molecule has 2 aromatic carbocycles. The van der Waals surface area contributed by atoms with Gasteiger partial charge in [0.15, 0.2) is 5.78 Å². The monoisotopic (exact) mass is 320 g/mol. The third-order valence-corrected chi connectivity index (χ3v) is 3.57. The molecule has 0 amide bonds. The van der Waals surface area contributed by atoms with Crippen LogP contribution >= 0.6 is 0 Å². The van der Waals surface area contributed by atoms with Crippen molar-refractivity contribution in [3.63, 3.8) is 0 Å². The van der Waals surface area contributed by atoms with Gasteiger partial charge in [-0.3, -0.25) is 4.79 Å². The lowest BCUT2D eigenvalue weighted by Crippen LogP contribution is -2.29. The van der Waals surface area contributed by atoms with E-state index >= 15 is 0 Å². The highest BCUT2D eigenvalue weighted by atomic mass is 16.4. The van der Waals surface area contributed by atoms with Gasteiger partial charge in [0.05, 0.1) is 0 Å². The standard InChI is InChI=1S/C18H13BO5/c20-16(10-7-12-5-8-14(9-6-12)19(22)23)15-11-13-3-1-2-4-17(13)24-18(15)21/h1-11,22-23H. The SMILES string of the molecule is O=C(C=Cc1ccc(B(O)O)cc1)c1cc2ccccc2oc1=O. The molecule has 3 rings (SSSR count). The minimum atomic E-state index is -1.54. The van der Waals surface area contributed by atoms with Crippen molar-refractivity contribution in [2.75, 3.05) is 0 Å². The number of hydrogen-bond acceptors (Lipinski definition) is 5. The quantitative estimate of drug-likeness (QED) is 0.328. The van der Waals surface area contributed by atoms with Gasteiger partial charge in [-0.2, -0.15) is 0 Å². The van der Waals surface area contributed by atoms with Crippen LogP contribution in [0.2, 0.25) is 0 Å². The largest absolute Gasteiger partial charge is 0.488 e. The van der Waals surface area contributed by atoms with Crippen LogP contribution in [0.1, 0.15) is 15.9 Å². The van der Waals surface area contributed by atoms with Gasteiger partial charge in [-0.1, -0.05) is 48.5 Å². The van der Waals surface area contributed by atoms with E-state index in [0.29, 0.717) is 22.0 Å². The fourth-order valence-corrected chi connectivity index (χ4v) is 2.27. The van der Waals surface area contributed by atoms with E-state index in [4.69, 9.17) is 14.5 Å². The van der Waals surface area contributed by atoms with Crippen LogP contribution in [0, 0.1) is 0 Å². The summed E-state index contributed by atoms with van der Waals surface area (Å²) in [7, 11) is -1.54. The number of hydrogen-bond donors (Lipinski definition) is 2. The van der Waals surface area contributed by atoms with Crippen LogP contribution in [0.3, 0.4) is 0 Å². The molecule has 0 spiro atoms. The van der Waals surface area contributed by atoms with E-state index in [1.165, 1.54) is 12.1 Å². The predicted octanol–water partition coefficient (Wildman–Crippen LogP) is 1.37. The average Bonchev–Trinajstić information content (AvgIpc) is 2.59. The highest BCUT2D eigenvalue weighted by molar-refractivity contribution is 6.58. The molecular formula is C18H13BO5. The van der Waals surface area contributed by atoms with Gasteiger partial charge < -0.3 is 14.5 Å². The number of fused-ring (bicyclic) bond motifs is 1. The van der Waals surface area contributed by atoms with Crippen molar-refractivity contribution >= 4 is 35.4 Å². The Bertz CT molecular complexity index is 971. The van der Waals surface area contributed by atoms with Crippen LogP contribution in [-0.2, 0) is 0 Å². The molecule has 118 valence electrons. The highest BCUT2D eigenvalue weighted by Gasteiger charge is 2.11. The number of carbonyl (C=O) groups excluding carboxylic acids is 1. The third kappa shape index (κ3) is 3.35. The Morgan fingerprint density at radius 1 is 1.04 bits per heavy atom. The van der Waals surface area contributed by atoms with Gasteiger partial charge in [0.1, 0.15) is 11.1 Å². The molecule has 2 N–H and O–H groups in total. The predicted molar refractivity (Wildman–Crippen MR) is 92.1 cm³/mol. The van der Waals surface area contributed by atoms with E-state index in [1.807, 2.05) is 0 Å². The van der Waals surface area contributed by atoms with Gasteiger partial charge in [-0.25, -0.2) is 4.79 Å². The Balaban J connectivity index is 1.86. The lowest BCUT2D eigenvalue weighted by Gasteiger charge is -2.00. The van der Waals surface area contributed by atoms with Crippen molar-refractivity contribution in [2.45, 2.75) is 0 Å². The van der Waals surface area contributed by atoms with Crippen molar-refractivity contribution in [1.82, 2.24) is 0 Å². The number of para-hydroxylation sites is 1. The second-order valence-electron chi connectivity index (χ2n) is 5.22. The highest BCUT2D eigenvalue weighted by Crippen LogP contribution is 2.13. The Hall–Kier alpha value is -2.96. The van der Waals surface area contributed by atoms with Crippen molar-refractivity contribution in [2.24, 2.45) is 0 Å². The number of rotatable bonds is 4.